The Labute approximate surface area is 142 Å². The van der Waals surface area contributed by atoms with Gasteiger partial charge in [-0.25, -0.2) is 4.79 Å². The first kappa shape index (κ1) is 17.3. The third kappa shape index (κ3) is 3.83. The van der Waals surface area contributed by atoms with E-state index in [9.17, 15) is 14.7 Å². The van der Waals surface area contributed by atoms with Crippen LogP contribution >= 0.6 is 23.2 Å². The molecular formula is C15H15Cl2N3O3. The molecule has 0 saturated carbocycles. The minimum Gasteiger partial charge on any atom is -0.480 e. The van der Waals surface area contributed by atoms with Crippen molar-refractivity contribution in [2.75, 3.05) is 5.32 Å². The molecule has 0 radical (unpaired) electrons. The van der Waals surface area contributed by atoms with Gasteiger partial charge in [-0.2, -0.15) is 9.78 Å². The molecule has 6 nitrogen and oxygen atoms in total. The maximum atomic E-state index is 12.3. The largest absolute Gasteiger partial charge is 0.480 e. The van der Waals surface area contributed by atoms with Crippen molar-refractivity contribution in [3.8, 4) is 5.69 Å². The third-order valence-electron chi connectivity index (χ3n) is 3.23. The fourth-order valence-electron chi connectivity index (χ4n) is 1.98. The van der Waals surface area contributed by atoms with Gasteiger partial charge in [0.2, 0.25) is 0 Å². The Morgan fingerprint density at radius 2 is 1.87 bits per heavy atom. The normalized spacial score (nSPS) is 12.2. The van der Waals surface area contributed by atoms with E-state index in [2.05, 4.69) is 10.4 Å². The standard InChI is InChI=1S/C15H15Cl2N3O3/c1-8(2)13(15(22)23)19-11-7-18-20(14(21)12(11)17)10-5-3-9(16)4-6-10/h3-8,13,19H,1-2H3,(H,22,23)/t13-/m0/s1. The quantitative estimate of drug-likeness (QED) is 0.860. The summed E-state index contributed by atoms with van der Waals surface area (Å²) in [5.74, 6) is -1.22. The van der Waals surface area contributed by atoms with Gasteiger partial charge in [0.05, 0.1) is 17.6 Å². The van der Waals surface area contributed by atoms with Crippen LogP contribution in [0.2, 0.25) is 10.0 Å². The Bertz CT molecular complexity index is 773. The molecule has 0 aliphatic rings. The van der Waals surface area contributed by atoms with Crippen LogP contribution in [0.4, 0.5) is 5.69 Å². The molecule has 0 amide bonds. The molecule has 122 valence electrons. The van der Waals surface area contributed by atoms with Gasteiger partial charge in [0.15, 0.2) is 0 Å². The van der Waals surface area contributed by atoms with Crippen LogP contribution in [0.15, 0.2) is 35.3 Å². The Balaban J connectivity index is 2.40. The van der Waals surface area contributed by atoms with Crippen molar-refractivity contribution >= 4 is 34.9 Å². The number of hydrogen-bond donors (Lipinski definition) is 2. The Kier molecular flexibility index (Phi) is 5.28. The summed E-state index contributed by atoms with van der Waals surface area (Å²) in [6.45, 7) is 3.50. The van der Waals surface area contributed by atoms with Crippen molar-refractivity contribution in [3.05, 3.63) is 50.9 Å². The summed E-state index contributed by atoms with van der Waals surface area (Å²) in [5.41, 5.74) is 0.140. The highest BCUT2D eigenvalue weighted by Gasteiger charge is 2.23. The number of nitrogens with zero attached hydrogens (tertiary/aromatic N) is 2. The molecule has 0 aliphatic heterocycles. The molecule has 0 bridgehead atoms. The molecule has 1 atom stereocenters. The van der Waals surface area contributed by atoms with Crippen LogP contribution in [0.3, 0.4) is 0 Å². The van der Waals surface area contributed by atoms with E-state index in [1.54, 1.807) is 38.1 Å². The highest BCUT2D eigenvalue weighted by Crippen LogP contribution is 2.20. The number of anilines is 1. The zero-order valence-electron chi connectivity index (χ0n) is 12.5. The van der Waals surface area contributed by atoms with Gasteiger partial charge in [-0.1, -0.05) is 37.0 Å². The topological polar surface area (TPSA) is 84.2 Å². The molecule has 0 unspecified atom stereocenters. The van der Waals surface area contributed by atoms with Gasteiger partial charge in [0, 0.05) is 5.02 Å². The third-order valence-corrected chi connectivity index (χ3v) is 3.85. The fourth-order valence-corrected chi connectivity index (χ4v) is 2.29. The van der Waals surface area contributed by atoms with Gasteiger partial charge in [0.1, 0.15) is 11.1 Å². The second kappa shape index (κ2) is 7.02. The number of nitrogens with one attached hydrogen (secondary N) is 1. The predicted molar refractivity (Wildman–Crippen MR) is 89.7 cm³/mol. The monoisotopic (exact) mass is 355 g/mol. The summed E-state index contributed by atoms with van der Waals surface area (Å²) in [6.07, 6.45) is 1.33. The molecule has 23 heavy (non-hydrogen) atoms. The van der Waals surface area contributed by atoms with Crippen LogP contribution in [-0.4, -0.2) is 26.9 Å². The zero-order valence-corrected chi connectivity index (χ0v) is 14.0. The van der Waals surface area contributed by atoms with Crippen molar-refractivity contribution in [2.45, 2.75) is 19.9 Å². The molecular weight excluding hydrogens is 341 g/mol. The highest BCUT2D eigenvalue weighted by atomic mass is 35.5. The zero-order chi connectivity index (χ0) is 17.1. The second-order valence-corrected chi connectivity index (χ2v) is 6.08. The maximum absolute atomic E-state index is 12.3. The van der Waals surface area contributed by atoms with Gasteiger partial charge in [0.25, 0.3) is 5.56 Å². The molecule has 8 heteroatoms. The average Bonchev–Trinajstić information content (AvgIpc) is 2.49. The number of hydrogen-bond acceptors (Lipinski definition) is 4. The van der Waals surface area contributed by atoms with Crippen LogP contribution in [0.5, 0.6) is 0 Å². The number of carbonyl (C=O) groups is 1. The molecule has 1 aromatic heterocycles. The van der Waals surface area contributed by atoms with Crippen molar-refractivity contribution in [2.24, 2.45) is 5.92 Å². The molecule has 2 N–H and O–H groups in total. The Morgan fingerprint density at radius 3 is 2.39 bits per heavy atom. The first-order valence-electron chi connectivity index (χ1n) is 6.84. The second-order valence-electron chi connectivity index (χ2n) is 5.27. The molecule has 1 aromatic carbocycles. The SMILES string of the molecule is CC(C)[C@H](Nc1cnn(-c2ccc(Cl)cc2)c(=O)c1Cl)C(=O)O. The van der Waals surface area contributed by atoms with Crippen LogP contribution in [-0.2, 0) is 4.79 Å². The van der Waals surface area contributed by atoms with E-state index in [-0.39, 0.29) is 16.6 Å². The van der Waals surface area contributed by atoms with Gasteiger partial charge < -0.3 is 10.4 Å². The van der Waals surface area contributed by atoms with Crippen LogP contribution < -0.4 is 10.9 Å². The number of aromatic nitrogens is 2. The van der Waals surface area contributed by atoms with Crippen LogP contribution in [0.1, 0.15) is 13.8 Å². The summed E-state index contributed by atoms with van der Waals surface area (Å²) >= 11 is 11.9. The van der Waals surface area contributed by atoms with Crippen molar-refractivity contribution in [1.29, 1.82) is 0 Å². The summed E-state index contributed by atoms with van der Waals surface area (Å²) in [4.78, 5) is 23.6. The van der Waals surface area contributed by atoms with Gasteiger partial charge >= 0.3 is 5.97 Å². The number of aliphatic carboxylic acids is 1. The predicted octanol–water partition coefficient (Wildman–Crippen LogP) is 3.06. The van der Waals surface area contributed by atoms with E-state index in [0.29, 0.717) is 10.7 Å². The van der Waals surface area contributed by atoms with Crippen molar-refractivity contribution < 1.29 is 9.90 Å². The number of carboxylic acids is 1. The first-order valence-corrected chi connectivity index (χ1v) is 7.60. The van der Waals surface area contributed by atoms with E-state index >= 15 is 0 Å². The number of rotatable bonds is 5. The molecule has 2 aromatic rings. The molecule has 1 heterocycles. The van der Waals surface area contributed by atoms with Gasteiger partial charge in [-0.15, -0.1) is 0 Å². The molecule has 0 fully saturated rings. The van der Waals surface area contributed by atoms with Crippen LogP contribution in [0.25, 0.3) is 5.69 Å². The van der Waals surface area contributed by atoms with Gasteiger partial charge in [-0.05, 0) is 30.2 Å². The molecule has 2 rings (SSSR count). The lowest BCUT2D eigenvalue weighted by atomic mass is 10.0. The summed E-state index contributed by atoms with van der Waals surface area (Å²) in [6, 6.07) is 5.65. The van der Waals surface area contributed by atoms with Gasteiger partial charge in [-0.3, -0.25) is 4.79 Å². The van der Waals surface area contributed by atoms with E-state index in [1.165, 1.54) is 6.20 Å². The van der Waals surface area contributed by atoms with Crippen molar-refractivity contribution in [1.82, 2.24) is 9.78 Å². The number of halogens is 2. The summed E-state index contributed by atoms with van der Waals surface area (Å²) < 4.78 is 1.12. The van der Waals surface area contributed by atoms with E-state index in [4.69, 9.17) is 23.2 Å². The Hall–Kier alpha value is -2.05. The fraction of sp³-hybridized carbons (Fsp3) is 0.267. The highest BCUT2D eigenvalue weighted by molar-refractivity contribution is 6.33. The summed E-state index contributed by atoms with van der Waals surface area (Å²) in [5, 5.41) is 16.4. The molecule has 0 saturated heterocycles. The Morgan fingerprint density at radius 1 is 1.26 bits per heavy atom. The summed E-state index contributed by atoms with van der Waals surface area (Å²) in [7, 11) is 0. The number of benzene rings is 1. The lowest BCUT2D eigenvalue weighted by Crippen LogP contribution is -2.35. The lowest BCUT2D eigenvalue weighted by molar-refractivity contribution is -0.138. The van der Waals surface area contributed by atoms with Crippen molar-refractivity contribution in [3.63, 3.8) is 0 Å². The van der Waals surface area contributed by atoms with Crippen LogP contribution in [0, 0.1) is 5.92 Å². The molecule has 0 aliphatic carbocycles. The average molecular weight is 356 g/mol. The lowest BCUT2D eigenvalue weighted by Gasteiger charge is -2.19. The molecule has 0 spiro atoms. The van der Waals surface area contributed by atoms with E-state index < -0.39 is 17.6 Å². The maximum Gasteiger partial charge on any atom is 0.326 e. The van der Waals surface area contributed by atoms with E-state index in [1.807, 2.05) is 0 Å². The first-order chi connectivity index (χ1) is 10.8. The van der Waals surface area contributed by atoms with E-state index in [0.717, 1.165) is 4.68 Å². The minimum atomic E-state index is -1.03. The smallest absolute Gasteiger partial charge is 0.326 e. The number of carboxylic acid groups (broad SMARTS) is 1. The minimum absolute atomic E-state index is 0.123.